The van der Waals surface area contributed by atoms with Crippen molar-refractivity contribution in [2.75, 3.05) is 0 Å². The quantitative estimate of drug-likeness (QED) is 0.546. The molecule has 0 aliphatic heterocycles. The minimum absolute atomic E-state index is 0.510. The van der Waals surface area contributed by atoms with Crippen LogP contribution in [0, 0.1) is 0 Å². The molecule has 0 aromatic heterocycles. The molecule has 0 aliphatic rings. The van der Waals surface area contributed by atoms with E-state index in [2.05, 4.69) is 0 Å². The fourth-order valence-electron chi connectivity index (χ4n) is 0.655. The van der Waals surface area contributed by atoms with Gasteiger partial charge in [0.05, 0.1) is 0 Å². The summed E-state index contributed by atoms with van der Waals surface area (Å²) in [4.78, 5) is 0. The van der Waals surface area contributed by atoms with Crippen LogP contribution in [-0.4, -0.2) is 9.58 Å². The number of benzene rings is 1. The highest BCUT2D eigenvalue weighted by molar-refractivity contribution is 8.18. The zero-order chi connectivity index (χ0) is 9.03. The molecule has 12 heavy (non-hydrogen) atoms. The van der Waals surface area contributed by atoms with Gasteiger partial charge >= 0.3 is 0 Å². The van der Waals surface area contributed by atoms with E-state index in [0.717, 1.165) is 0 Å². The van der Waals surface area contributed by atoms with Gasteiger partial charge in [-0.1, -0.05) is 18.2 Å². The summed E-state index contributed by atoms with van der Waals surface area (Å²) in [6, 6.07) is 8.82. The highest BCUT2D eigenvalue weighted by Gasteiger charge is 2.00. The highest BCUT2D eigenvalue weighted by Crippen LogP contribution is 2.13. The molecule has 1 unspecified atom stereocenters. The normalized spacial score (nSPS) is 14.8. The molecule has 1 atom stereocenters. The summed E-state index contributed by atoms with van der Waals surface area (Å²) >= 11 is 0. The smallest absolute Gasteiger partial charge is 0.207 e. The summed E-state index contributed by atoms with van der Waals surface area (Å²) in [5.74, 6) is 0.510. The first-order valence-electron chi connectivity index (χ1n) is 3.42. The third-order valence-corrected chi connectivity index (χ3v) is 2.94. The lowest BCUT2D eigenvalue weighted by Crippen LogP contribution is -2.02. The van der Waals surface area contributed by atoms with Crippen molar-refractivity contribution in [1.82, 2.24) is 0 Å². The van der Waals surface area contributed by atoms with Gasteiger partial charge in [-0.2, -0.15) is 0 Å². The van der Waals surface area contributed by atoms with Crippen LogP contribution in [0.4, 0.5) is 0 Å². The van der Waals surface area contributed by atoms with Gasteiger partial charge in [-0.15, -0.1) is 0 Å². The molecule has 0 aliphatic carbocycles. The van der Waals surface area contributed by atoms with Crippen molar-refractivity contribution in [2.24, 2.45) is 0 Å². The second kappa shape index (κ2) is 3.83. The van der Waals surface area contributed by atoms with Crippen molar-refractivity contribution in [3.63, 3.8) is 0 Å². The lowest BCUT2D eigenvalue weighted by Gasteiger charge is -2.03. The van der Waals surface area contributed by atoms with Gasteiger partial charge in [0.2, 0.25) is 9.02 Å². The van der Waals surface area contributed by atoms with E-state index in [1.165, 1.54) is 5.37 Å². The number of para-hydroxylation sites is 1. The number of rotatable bonds is 2. The molecule has 1 aromatic rings. The maximum Gasteiger partial charge on any atom is 0.207 e. The van der Waals surface area contributed by atoms with Gasteiger partial charge in [0, 0.05) is 16.0 Å². The Morgan fingerprint density at radius 1 is 1.42 bits per heavy atom. The van der Waals surface area contributed by atoms with E-state index in [9.17, 15) is 4.21 Å². The Labute approximate surface area is 76.8 Å². The van der Waals surface area contributed by atoms with E-state index in [4.69, 9.17) is 14.9 Å². The van der Waals surface area contributed by atoms with Gasteiger partial charge in [0.25, 0.3) is 0 Å². The first-order valence-corrected chi connectivity index (χ1v) is 5.79. The van der Waals surface area contributed by atoms with Gasteiger partial charge in [-0.05, 0) is 19.1 Å². The van der Waals surface area contributed by atoms with E-state index in [0.29, 0.717) is 5.75 Å². The first-order chi connectivity index (χ1) is 5.64. The predicted molar refractivity (Wildman–Crippen MR) is 52.8 cm³/mol. The van der Waals surface area contributed by atoms with Crippen LogP contribution in [0.2, 0.25) is 0 Å². The Morgan fingerprint density at radius 3 is 2.50 bits per heavy atom. The van der Waals surface area contributed by atoms with Gasteiger partial charge in [-0.25, -0.2) is 4.21 Å². The molecule has 0 saturated heterocycles. The molecule has 0 amide bonds. The molecule has 0 bridgehead atoms. The van der Waals surface area contributed by atoms with Gasteiger partial charge in [0.1, 0.15) is 5.75 Å². The summed E-state index contributed by atoms with van der Waals surface area (Å²) < 4.78 is 16.2. The average Bonchev–Trinajstić information content (AvgIpc) is 2.06. The first kappa shape index (κ1) is 9.42. The highest BCUT2D eigenvalue weighted by atomic mass is 35.7. The van der Waals surface area contributed by atoms with E-state index >= 15 is 0 Å². The van der Waals surface area contributed by atoms with E-state index < -0.39 is 9.02 Å². The topological polar surface area (TPSA) is 26.3 Å². The molecule has 0 spiro atoms. The largest absolute Gasteiger partial charge is 0.398 e. The maximum atomic E-state index is 11.2. The van der Waals surface area contributed by atoms with Crippen LogP contribution in [0.5, 0.6) is 5.75 Å². The Bertz CT molecular complexity index is 353. The van der Waals surface area contributed by atoms with Crippen molar-refractivity contribution < 1.29 is 8.39 Å². The Hall–Kier alpha value is -0.670. The lowest BCUT2D eigenvalue weighted by atomic mass is 10.3. The number of hydrogen-bond acceptors (Lipinski definition) is 2. The van der Waals surface area contributed by atoms with Crippen LogP contribution in [0.1, 0.15) is 6.92 Å². The summed E-state index contributed by atoms with van der Waals surface area (Å²) in [5.41, 5.74) is 0. The Morgan fingerprint density at radius 2 is 2.00 bits per heavy atom. The molecular formula is C8H9ClO2S. The summed E-state index contributed by atoms with van der Waals surface area (Å²) in [7, 11) is 2.73. The number of halogens is 1. The van der Waals surface area contributed by atoms with Crippen molar-refractivity contribution in [2.45, 2.75) is 6.92 Å². The van der Waals surface area contributed by atoms with Crippen LogP contribution in [0.25, 0.3) is 0 Å². The standard InChI is InChI=1S/C8H9ClO2S/c1-2-12(9,10)11-8-6-4-3-5-7-8/h2-7H,1H3. The third-order valence-electron chi connectivity index (χ3n) is 1.23. The van der Waals surface area contributed by atoms with Crippen molar-refractivity contribution in [1.29, 1.82) is 0 Å². The van der Waals surface area contributed by atoms with Crippen LogP contribution in [0.15, 0.2) is 30.3 Å². The lowest BCUT2D eigenvalue weighted by molar-refractivity contribution is 0.572. The molecule has 0 radical (unpaired) electrons. The fourth-order valence-corrected chi connectivity index (χ4v) is 1.34. The molecule has 2 nitrogen and oxygen atoms in total. The van der Waals surface area contributed by atoms with E-state index in [-0.39, 0.29) is 0 Å². The minimum Gasteiger partial charge on any atom is -0.398 e. The zero-order valence-electron chi connectivity index (χ0n) is 6.57. The van der Waals surface area contributed by atoms with Crippen molar-refractivity contribution >= 4 is 25.1 Å². The molecule has 0 heterocycles. The second-order valence-electron chi connectivity index (χ2n) is 2.11. The van der Waals surface area contributed by atoms with Gasteiger partial charge in [-0.3, -0.25) is 0 Å². The molecule has 0 saturated carbocycles. The van der Waals surface area contributed by atoms with Crippen LogP contribution in [0.3, 0.4) is 0 Å². The Balaban J connectivity index is 2.86. The van der Waals surface area contributed by atoms with Crippen LogP contribution in [-0.2, 0) is 9.02 Å². The fraction of sp³-hybridized carbons (Fsp3) is 0.125. The SMILES string of the molecule is CC=S(=O)(Cl)Oc1ccccc1. The second-order valence-corrected chi connectivity index (χ2v) is 4.99. The summed E-state index contributed by atoms with van der Waals surface area (Å²) in [6.45, 7) is 1.60. The van der Waals surface area contributed by atoms with Crippen LogP contribution >= 0.6 is 10.7 Å². The molecule has 1 aromatic carbocycles. The molecule has 0 fully saturated rings. The van der Waals surface area contributed by atoms with E-state index in [1.54, 1.807) is 31.2 Å². The Kier molecular flexibility index (Phi) is 3.00. The average molecular weight is 205 g/mol. The summed E-state index contributed by atoms with van der Waals surface area (Å²) in [6.07, 6.45) is 0. The predicted octanol–water partition coefficient (Wildman–Crippen LogP) is 2.24. The van der Waals surface area contributed by atoms with Crippen LogP contribution < -0.4 is 4.18 Å². The summed E-state index contributed by atoms with van der Waals surface area (Å²) in [5, 5.41) is 1.33. The third kappa shape index (κ3) is 2.75. The molecule has 66 valence electrons. The molecule has 1 rings (SSSR count). The number of hydrogen-bond donors (Lipinski definition) is 0. The minimum atomic E-state index is -2.78. The molecule has 4 heteroatoms. The van der Waals surface area contributed by atoms with Crippen molar-refractivity contribution in [3.05, 3.63) is 30.3 Å². The van der Waals surface area contributed by atoms with E-state index in [1.807, 2.05) is 6.07 Å². The van der Waals surface area contributed by atoms with Gasteiger partial charge in [0.15, 0.2) is 0 Å². The monoisotopic (exact) mass is 204 g/mol. The van der Waals surface area contributed by atoms with Gasteiger partial charge < -0.3 is 4.18 Å². The maximum absolute atomic E-state index is 11.2. The molecular weight excluding hydrogens is 196 g/mol. The molecule has 0 N–H and O–H groups in total. The van der Waals surface area contributed by atoms with Crippen molar-refractivity contribution in [3.8, 4) is 5.75 Å². The zero-order valence-corrected chi connectivity index (χ0v) is 8.14.